The highest BCUT2D eigenvalue weighted by Gasteiger charge is 2.47. The standard InChI is InChI=1S/C26H24FN3O5/c27-16-9-11-17(12-10-16)30-22(28-21-8-4-3-7-20(21)26(30)34)15-35-23(31)13-14-29-24(32)18-5-1-2-6-19(18)25(29)33/h3-4,7-12,18-19H,1-2,5-6,13-15H2/t18-,19+. The summed E-state index contributed by atoms with van der Waals surface area (Å²) in [5.41, 5.74) is 0.457. The van der Waals surface area contributed by atoms with Crippen LogP contribution in [-0.2, 0) is 25.7 Å². The molecule has 2 atom stereocenters. The molecule has 2 aromatic carbocycles. The molecule has 2 heterocycles. The van der Waals surface area contributed by atoms with E-state index in [1.807, 2.05) is 0 Å². The molecule has 2 amide bonds. The molecule has 5 rings (SSSR count). The lowest BCUT2D eigenvalue weighted by Gasteiger charge is -2.19. The summed E-state index contributed by atoms with van der Waals surface area (Å²) in [7, 11) is 0. The Balaban J connectivity index is 1.32. The molecular weight excluding hydrogens is 453 g/mol. The van der Waals surface area contributed by atoms with Gasteiger partial charge in [-0.25, -0.2) is 9.37 Å². The Kier molecular flexibility index (Phi) is 6.15. The largest absolute Gasteiger partial charge is 0.457 e. The fourth-order valence-electron chi connectivity index (χ4n) is 5.00. The van der Waals surface area contributed by atoms with Gasteiger partial charge in [0, 0.05) is 6.54 Å². The van der Waals surface area contributed by atoms with Gasteiger partial charge in [0.2, 0.25) is 11.8 Å². The van der Waals surface area contributed by atoms with Crippen molar-refractivity contribution in [2.45, 2.75) is 38.7 Å². The first-order valence-corrected chi connectivity index (χ1v) is 11.7. The van der Waals surface area contributed by atoms with E-state index in [2.05, 4.69) is 4.98 Å². The maximum atomic E-state index is 13.5. The van der Waals surface area contributed by atoms with Crippen LogP contribution in [0.25, 0.3) is 16.6 Å². The summed E-state index contributed by atoms with van der Waals surface area (Å²) in [5.74, 6) is -1.82. The molecule has 35 heavy (non-hydrogen) atoms. The summed E-state index contributed by atoms with van der Waals surface area (Å²) in [6.07, 6.45) is 3.15. The van der Waals surface area contributed by atoms with E-state index in [1.165, 1.54) is 33.7 Å². The number of benzene rings is 2. The lowest BCUT2D eigenvalue weighted by atomic mass is 9.81. The van der Waals surface area contributed by atoms with Gasteiger partial charge in [0.25, 0.3) is 5.56 Å². The second kappa shape index (κ2) is 9.40. The summed E-state index contributed by atoms with van der Waals surface area (Å²) in [4.78, 5) is 56.6. The second-order valence-electron chi connectivity index (χ2n) is 8.90. The fourth-order valence-corrected chi connectivity index (χ4v) is 5.00. The van der Waals surface area contributed by atoms with Crippen LogP contribution in [0.2, 0.25) is 0 Å². The van der Waals surface area contributed by atoms with Crippen molar-refractivity contribution in [1.29, 1.82) is 0 Å². The number of imide groups is 1. The zero-order valence-corrected chi connectivity index (χ0v) is 19.0. The Hall–Kier alpha value is -3.88. The summed E-state index contributed by atoms with van der Waals surface area (Å²) >= 11 is 0. The van der Waals surface area contributed by atoms with Gasteiger partial charge >= 0.3 is 5.97 Å². The number of rotatable bonds is 6. The van der Waals surface area contributed by atoms with Crippen molar-refractivity contribution in [3.05, 3.63) is 70.5 Å². The van der Waals surface area contributed by atoms with Crippen molar-refractivity contribution in [2.24, 2.45) is 11.8 Å². The van der Waals surface area contributed by atoms with E-state index < -0.39 is 11.8 Å². The fraction of sp³-hybridized carbons (Fsp3) is 0.346. The van der Waals surface area contributed by atoms with Crippen LogP contribution in [-0.4, -0.2) is 38.8 Å². The minimum Gasteiger partial charge on any atom is -0.457 e. The lowest BCUT2D eigenvalue weighted by Crippen LogP contribution is -2.33. The third-order valence-corrected chi connectivity index (χ3v) is 6.76. The normalized spacial score (nSPS) is 19.7. The van der Waals surface area contributed by atoms with Crippen LogP contribution in [0.3, 0.4) is 0 Å². The Bertz CT molecular complexity index is 1340. The third-order valence-electron chi connectivity index (χ3n) is 6.76. The van der Waals surface area contributed by atoms with Gasteiger partial charge in [-0.3, -0.25) is 28.6 Å². The first-order chi connectivity index (χ1) is 16.9. The maximum Gasteiger partial charge on any atom is 0.308 e. The number of carbonyl (C=O) groups excluding carboxylic acids is 3. The molecule has 180 valence electrons. The van der Waals surface area contributed by atoms with Gasteiger partial charge in [0.05, 0.1) is 34.8 Å². The molecule has 1 saturated heterocycles. The van der Waals surface area contributed by atoms with Gasteiger partial charge in [0.15, 0.2) is 5.82 Å². The molecule has 0 N–H and O–H groups in total. The average molecular weight is 477 g/mol. The van der Waals surface area contributed by atoms with Crippen LogP contribution in [0.5, 0.6) is 0 Å². The van der Waals surface area contributed by atoms with E-state index in [4.69, 9.17) is 4.74 Å². The Morgan fingerprint density at radius 3 is 2.31 bits per heavy atom. The van der Waals surface area contributed by atoms with E-state index in [0.717, 1.165) is 12.8 Å². The Labute approximate surface area is 200 Å². The maximum absolute atomic E-state index is 13.5. The number of hydrogen-bond acceptors (Lipinski definition) is 6. The number of para-hydroxylation sites is 1. The number of esters is 1. The number of amides is 2. The van der Waals surface area contributed by atoms with Crippen LogP contribution in [0.15, 0.2) is 53.3 Å². The molecule has 1 saturated carbocycles. The molecule has 2 aliphatic rings. The van der Waals surface area contributed by atoms with Crippen molar-refractivity contribution >= 4 is 28.7 Å². The zero-order valence-electron chi connectivity index (χ0n) is 19.0. The van der Waals surface area contributed by atoms with Gasteiger partial charge < -0.3 is 4.74 Å². The van der Waals surface area contributed by atoms with Gasteiger partial charge in [-0.2, -0.15) is 0 Å². The van der Waals surface area contributed by atoms with Gasteiger partial charge in [-0.1, -0.05) is 25.0 Å². The number of nitrogens with zero attached hydrogens (tertiary/aromatic N) is 3. The van der Waals surface area contributed by atoms with Crippen molar-refractivity contribution in [3.63, 3.8) is 0 Å². The summed E-state index contributed by atoms with van der Waals surface area (Å²) in [6.45, 7) is -0.331. The average Bonchev–Trinajstić information content (AvgIpc) is 3.12. The van der Waals surface area contributed by atoms with Crippen molar-refractivity contribution in [1.82, 2.24) is 14.5 Å². The Morgan fingerprint density at radius 2 is 1.63 bits per heavy atom. The molecule has 0 radical (unpaired) electrons. The monoisotopic (exact) mass is 477 g/mol. The molecule has 2 fully saturated rings. The number of halogens is 1. The summed E-state index contributed by atoms with van der Waals surface area (Å²) in [5, 5.41) is 0.374. The molecule has 0 bridgehead atoms. The van der Waals surface area contributed by atoms with E-state index in [1.54, 1.807) is 24.3 Å². The van der Waals surface area contributed by atoms with E-state index in [0.29, 0.717) is 29.4 Å². The topological polar surface area (TPSA) is 98.6 Å². The molecule has 9 heteroatoms. The van der Waals surface area contributed by atoms with Crippen LogP contribution >= 0.6 is 0 Å². The van der Waals surface area contributed by atoms with E-state index in [9.17, 15) is 23.6 Å². The number of fused-ring (bicyclic) bond motifs is 2. The SMILES string of the molecule is O=C(CCN1C(=O)[C@H]2CCCC[C@H]2C1=O)OCc1nc2ccccc2c(=O)n1-c1ccc(F)cc1. The molecule has 0 spiro atoms. The molecular formula is C26H24FN3O5. The van der Waals surface area contributed by atoms with E-state index in [-0.39, 0.29) is 54.6 Å². The molecule has 3 aromatic rings. The number of aromatic nitrogens is 2. The van der Waals surface area contributed by atoms with Gasteiger partial charge in [0.1, 0.15) is 12.4 Å². The smallest absolute Gasteiger partial charge is 0.308 e. The number of hydrogen-bond donors (Lipinski definition) is 0. The Morgan fingerprint density at radius 1 is 0.971 bits per heavy atom. The van der Waals surface area contributed by atoms with Gasteiger partial charge in [-0.15, -0.1) is 0 Å². The number of ether oxygens (including phenoxy) is 1. The third kappa shape index (κ3) is 4.34. The minimum atomic E-state index is -0.617. The first kappa shape index (κ1) is 22.9. The number of carbonyl (C=O) groups is 3. The molecule has 1 aliphatic carbocycles. The predicted octanol–water partition coefficient (Wildman–Crippen LogP) is 3.13. The minimum absolute atomic E-state index is 0.0284. The highest BCUT2D eigenvalue weighted by Crippen LogP contribution is 2.38. The van der Waals surface area contributed by atoms with Crippen LogP contribution in [0.4, 0.5) is 4.39 Å². The van der Waals surface area contributed by atoms with Crippen molar-refractivity contribution in [3.8, 4) is 5.69 Å². The van der Waals surface area contributed by atoms with Gasteiger partial charge in [-0.05, 0) is 49.2 Å². The summed E-state index contributed by atoms with van der Waals surface area (Å²) < 4.78 is 20.1. The molecule has 8 nitrogen and oxygen atoms in total. The van der Waals surface area contributed by atoms with Crippen LogP contribution < -0.4 is 5.56 Å². The van der Waals surface area contributed by atoms with Crippen LogP contribution in [0.1, 0.15) is 37.9 Å². The summed E-state index contributed by atoms with van der Waals surface area (Å²) in [6, 6.07) is 12.1. The second-order valence-corrected chi connectivity index (χ2v) is 8.90. The first-order valence-electron chi connectivity index (χ1n) is 11.7. The highest BCUT2D eigenvalue weighted by atomic mass is 19.1. The lowest BCUT2D eigenvalue weighted by molar-refractivity contribution is -0.147. The predicted molar refractivity (Wildman–Crippen MR) is 124 cm³/mol. The molecule has 1 aliphatic heterocycles. The highest BCUT2D eigenvalue weighted by molar-refractivity contribution is 6.05. The quantitative estimate of drug-likeness (QED) is 0.400. The van der Waals surface area contributed by atoms with Crippen molar-refractivity contribution < 1.29 is 23.5 Å². The molecule has 0 unspecified atom stereocenters. The zero-order chi connectivity index (χ0) is 24.5. The molecule has 1 aromatic heterocycles. The van der Waals surface area contributed by atoms with Crippen LogP contribution in [0, 0.1) is 17.7 Å². The number of likely N-dealkylation sites (tertiary alicyclic amines) is 1. The van der Waals surface area contributed by atoms with E-state index >= 15 is 0 Å². The van der Waals surface area contributed by atoms with Crippen molar-refractivity contribution in [2.75, 3.05) is 6.54 Å².